The summed E-state index contributed by atoms with van der Waals surface area (Å²) in [4.78, 5) is 23.9. The van der Waals surface area contributed by atoms with Crippen LogP contribution in [-0.2, 0) is 9.59 Å². The molecule has 0 radical (unpaired) electrons. The number of aliphatic carboxylic acids is 1. The van der Waals surface area contributed by atoms with Gasteiger partial charge in [-0.25, -0.2) is 4.79 Å². The lowest BCUT2D eigenvalue weighted by Crippen LogP contribution is -2.55. The van der Waals surface area contributed by atoms with Gasteiger partial charge in [-0.2, -0.15) is 0 Å². The molecule has 15 heavy (non-hydrogen) atoms. The molecule has 1 heterocycles. The standard InChI is InChI=1S/C10H16N2O3/c1-3-8-9(13)11-4-5-12(8)6-7(2)10(14)15/h8H,2-6H2,1H3,(H,11,13)(H,14,15). The Bertz CT molecular complexity index is 288. The molecular weight excluding hydrogens is 196 g/mol. The van der Waals surface area contributed by atoms with E-state index in [4.69, 9.17) is 5.11 Å². The van der Waals surface area contributed by atoms with Crippen LogP contribution in [0.3, 0.4) is 0 Å². The van der Waals surface area contributed by atoms with E-state index in [0.29, 0.717) is 19.5 Å². The average Bonchev–Trinajstić information content (AvgIpc) is 2.18. The maximum Gasteiger partial charge on any atom is 0.332 e. The number of nitrogens with one attached hydrogen (secondary N) is 1. The molecule has 0 aliphatic carbocycles. The highest BCUT2D eigenvalue weighted by atomic mass is 16.4. The van der Waals surface area contributed by atoms with Gasteiger partial charge in [0.15, 0.2) is 0 Å². The van der Waals surface area contributed by atoms with Crippen molar-refractivity contribution in [3.63, 3.8) is 0 Å². The first-order valence-corrected chi connectivity index (χ1v) is 4.99. The Kier molecular flexibility index (Phi) is 3.85. The van der Waals surface area contributed by atoms with Crippen molar-refractivity contribution in [3.8, 4) is 0 Å². The van der Waals surface area contributed by atoms with E-state index in [0.717, 1.165) is 0 Å². The van der Waals surface area contributed by atoms with Gasteiger partial charge >= 0.3 is 5.97 Å². The second-order valence-corrected chi connectivity index (χ2v) is 3.59. The molecule has 1 saturated heterocycles. The van der Waals surface area contributed by atoms with E-state index < -0.39 is 5.97 Å². The van der Waals surface area contributed by atoms with Crippen molar-refractivity contribution in [1.82, 2.24) is 10.2 Å². The summed E-state index contributed by atoms with van der Waals surface area (Å²) in [5, 5.41) is 11.5. The quantitative estimate of drug-likeness (QED) is 0.635. The topological polar surface area (TPSA) is 69.6 Å². The Labute approximate surface area is 88.8 Å². The van der Waals surface area contributed by atoms with Crippen LogP contribution >= 0.6 is 0 Å². The monoisotopic (exact) mass is 212 g/mol. The summed E-state index contributed by atoms with van der Waals surface area (Å²) < 4.78 is 0. The molecular formula is C10H16N2O3. The maximum atomic E-state index is 11.5. The van der Waals surface area contributed by atoms with Crippen LogP contribution in [0.1, 0.15) is 13.3 Å². The highest BCUT2D eigenvalue weighted by molar-refractivity contribution is 5.87. The van der Waals surface area contributed by atoms with Gasteiger partial charge in [-0.15, -0.1) is 0 Å². The predicted molar refractivity (Wildman–Crippen MR) is 55.4 cm³/mol. The van der Waals surface area contributed by atoms with Gasteiger partial charge < -0.3 is 10.4 Å². The average molecular weight is 212 g/mol. The van der Waals surface area contributed by atoms with Gasteiger partial charge in [0, 0.05) is 25.2 Å². The minimum atomic E-state index is -1.00. The van der Waals surface area contributed by atoms with Crippen molar-refractivity contribution in [2.24, 2.45) is 0 Å². The second kappa shape index (κ2) is 4.93. The number of amides is 1. The number of carbonyl (C=O) groups excluding carboxylic acids is 1. The molecule has 5 nitrogen and oxygen atoms in total. The Morgan fingerprint density at radius 3 is 2.93 bits per heavy atom. The van der Waals surface area contributed by atoms with Crippen molar-refractivity contribution in [2.75, 3.05) is 19.6 Å². The van der Waals surface area contributed by atoms with Gasteiger partial charge in [-0.05, 0) is 6.42 Å². The highest BCUT2D eigenvalue weighted by Gasteiger charge is 2.28. The minimum absolute atomic E-state index is 0.0260. The first-order valence-electron chi connectivity index (χ1n) is 4.99. The predicted octanol–water partition coefficient (Wildman–Crippen LogP) is -0.162. The number of carbonyl (C=O) groups is 2. The molecule has 0 saturated carbocycles. The Morgan fingerprint density at radius 1 is 1.73 bits per heavy atom. The molecule has 84 valence electrons. The third kappa shape index (κ3) is 2.79. The molecule has 1 rings (SSSR count). The van der Waals surface area contributed by atoms with E-state index in [1.54, 1.807) is 0 Å². The molecule has 5 heteroatoms. The third-order valence-electron chi connectivity index (χ3n) is 2.52. The summed E-state index contributed by atoms with van der Waals surface area (Å²) in [5.74, 6) is -1.03. The van der Waals surface area contributed by atoms with E-state index in [2.05, 4.69) is 11.9 Å². The summed E-state index contributed by atoms with van der Waals surface area (Å²) in [6, 6.07) is -0.227. The Hall–Kier alpha value is -1.36. The van der Waals surface area contributed by atoms with Gasteiger partial charge in [0.2, 0.25) is 5.91 Å². The first kappa shape index (κ1) is 11.7. The summed E-state index contributed by atoms with van der Waals surface area (Å²) in [6.45, 7) is 6.88. The van der Waals surface area contributed by atoms with Crippen LogP contribution in [0.25, 0.3) is 0 Å². The zero-order chi connectivity index (χ0) is 11.4. The summed E-state index contributed by atoms with van der Waals surface area (Å²) in [5.41, 5.74) is 0.128. The summed E-state index contributed by atoms with van der Waals surface area (Å²) >= 11 is 0. The fourth-order valence-electron chi connectivity index (χ4n) is 1.71. The maximum absolute atomic E-state index is 11.5. The molecule has 0 bridgehead atoms. The van der Waals surface area contributed by atoms with Crippen molar-refractivity contribution in [3.05, 3.63) is 12.2 Å². The number of nitrogens with zero attached hydrogens (tertiary/aromatic N) is 1. The van der Waals surface area contributed by atoms with Crippen LogP contribution in [0.4, 0.5) is 0 Å². The molecule has 0 spiro atoms. The fourth-order valence-corrected chi connectivity index (χ4v) is 1.71. The lowest BCUT2D eigenvalue weighted by atomic mass is 10.1. The second-order valence-electron chi connectivity index (χ2n) is 3.59. The number of carboxylic acid groups (broad SMARTS) is 1. The van der Waals surface area contributed by atoms with Gasteiger partial charge in [0.05, 0.1) is 6.04 Å². The largest absolute Gasteiger partial charge is 0.478 e. The van der Waals surface area contributed by atoms with Gasteiger partial charge in [0.1, 0.15) is 0 Å². The molecule has 0 aromatic heterocycles. The number of hydrogen-bond acceptors (Lipinski definition) is 3. The number of hydrogen-bond donors (Lipinski definition) is 2. The van der Waals surface area contributed by atoms with Gasteiger partial charge in [-0.3, -0.25) is 9.69 Å². The molecule has 0 aromatic carbocycles. The molecule has 1 aliphatic rings. The normalized spacial score (nSPS) is 22.2. The lowest BCUT2D eigenvalue weighted by Gasteiger charge is -2.34. The molecule has 2 N–H and O–H groups in total. The van der Waals surface area contributed by atoms with Crippen LogP contribution in [0.2, 0.25) is 0 Å². The summed E-state index contributed by atoms with van der Waals surface area (Å²) in [7, 11) is 0. The van der Waals surface area contributed by atoms with Crippen LogP contribution in [0, 0.1) is 0 Å². The van der Waals surface area contributed by atoms with Gasteiger partial charge in [-0.1, -0.05) is 13.5 Å². The fraction of sp³-hybridized carbons (Fsp3) is 0.600. The van der Waals surface area contributed by atoms with E-state index in [-0.39, 0.29) is 24.1 Å². The zero-order valence-electron chi connectivity index (χ0n) is 8.82. The highest BCUT2D eigenvalue weighted by Crippen LogP contribution is 2.10. The molecule has 0 aromatic rings. The number of carboxylic acids is 1. The lowest BCUT2D eigenvalue weighted by molar-refractivity contribution is -0.134. The summed E-state index contributed by atoms with van der Waals surface area (Å²) in [6.07, 6.45) is 0.679. The first-order chi connectivity index (χ1) is 7.06. The molecule has 1 atom stereocenters. The third-order valence-corrected chi connectivity index (χ3v) is 2.52. The number of piperazine rings is 1. The molecule has 1 fully saturated rings. The van der Waals surface area contributed by atoms with Crippen molar-refractivity contribution in [2.45, 2.75) is 19.4 Å². The van der Waals surface area contributed by atoms with Gasteiger partial charge in [0.25, 0.3) is 0 Å². The van der Waals surface area contributed by atoms with Crippen molar-refractivity contribution in [1.29, 1.82) is 0 Å². The Balaban J connectivity index is 2.62. The van der Waals surface area contributed by atoms with E-state index in [1.165, 1.54) is 0 Å². The molecule has 1 unspecified atom stereocenters. The SMILES string of the molecule is C=C(CN1CCNC(=O)C1CC)C(=O)O. The number of rotatable bonds is 4. The van der Waals surface area contributed by atoms with Crippen LogP contribution in [0.15, 0.2) is 12.2 Å². The van der Waals surface area contributed by atoms with E-state index in [9.17, 15) is 9.59 Å². The van der Waals surface area contributed by atoms with E-state index >= 15 is 0 Å². The van der Waals surface area contributed by atoms with Crippen LogP contribution in [0.5, 0.6) is 0 Å². The smallest absolute Gasteiger partial charge is 0.332 e. The minimum Gasteiger partial charge on any atom is -0.478 e. The van der Waals surface area contributed by atoms with Crippen molar-refractivity contribution >= 4 is 11.9 Å². The van der Waals surface area contributed by atoms with Crippen LogP contribution < -0.4 is 5.32 Å². The Morgan fingerprint density at radius 2 is 2.40 bits per heavy atom. The van der Waals surface area contributed by atoms with E-state index in [1.807, 2.05) is 11.8 Å². The zero-order valence-corrected chi connectivity index (χ0v) is 8.82. The molecule has 1 aliphatic heterocycles. The molecule has 1 amide bonds. The van der Waals surface area contributed by atoms with Crippen molar-refractivity contribution < 1.29 is 14.7 Å². The van der Waals surface area contributed by atoms with Crippen LogP contribution in [-0.4, -0.2) is 47.6 Å².